The molecular weight excluding hydrogens is 265 g/mol. The molecule has 0 saturated heterocycles. The van der Waals surface area contributed by atoms with Gasteiger partial charge in [-0.1, -0.05) is 12.1 Å². The minimum Gasteiger partial charge on any atom is -0.469 e. The minimum absolute atomic E-state index is 0.441. The fraction of sp³-hybridized carbons (Fsp3) is 0.417. The van der Waals surface area contributed by atoms with E-state index < -0.39 is 23.6 Å². The molecule has 0 N–H and O–H groups in total. The van der Waals surface area contributed by atoms with Crippen molar-refractivity contribution in [2.75, 3.05) is 19.1 Å². The number of methoxy groups -OCH3 is 1. The third-order valence-corrected chi connectivity index (χ3v) is 3.13. The van der Waals surface area contributed by atoms with Gasteiger partial charge < -0.3 is 4.74 Å². The van der Waals surface area contributed by atoms with Gasteiger partial charge in [-0.3, -0.25) is 4.79 Å². The normalized spacial score (nSPS) is 13.2. The number of carbonyl (C=O) groups excluding carboxylic acids is 1. The van der Waals surface area contributed by atoms with Gasteiger partial charge in [-0.05, 0) is 24.0 Å². The van der Waals surface area contributed by atoms with Crippen LogP contribution in [0.25, 0.3) is 0 Å². The first-order valence-electron chi connectivity index (χ1n) is 5.14. The lowest BCUT2D eigenvalue weighted by Crippen LogP contribution is -2.17. The minimum atomic E-state index is -4.36. The molecule has 1 rings (SSSR count). The van der Waals surface area contributed by atoms with E-state index in [1.807, 2.05) is 6.26 Å². The Kier molecular flexibility index (Phi) is 5.07. The number of halogens is 3. The Morgan fingerprint density at radius 2 is 1.89 bits per heavy atom. The van der Waals surface area contributed by atoms with Crippen LogP contribution in [0.5, 0.6) is 0 Å². The maximum Gasteiger partial charge on any atom is 0.416 e. The molecule has 1 unspecified atom stereocenters. The van der Waals surface area contributed by atoms with Crippen LogP contribution in [-0.4, -0.2) is 25.1 Å². The Bertz CT molecular complexity index is 401. The Balaban J connectivity index is 2.97. The Labute approximate surface area is 108 Å². The van der Waals surface area contributed by atoms with E-state index in [0.29, 0.717) is 11.3 Å². The number of hydrogen-bond donors (Lipinski definition) is 0. The summed E-state index contributed by atoms with van der Waals surface area (Å²) in [5, 5.41) is 0. The van der Waals surface area contributed by atoms with Gasteiger partial charge in [-0.2, -0.15) is 24.9 Å². The maximum atomic E-state index is 12.4. The van der Waals surface area contributed by atoms with Gasteiger partial charge in [0.15, 0.2) is 0 Å². The molecule has 0 aliphatic heterocycles. The average Bonchev–Trinajstić information content (AvgIpc) is 2.34. The van der Waals surface area contributed by atoms with Crippen molar-refractivity contribution >= 4 is 17.7 Å². The van der Waals surface area contributed by atoms with E-state index in [0.717, 1.165) is 12.1 Å². The van der Waals surface area contributed by atoms with Crippen LogP contribution in [0.15, 0.2) is 24.3 Å². The van der Waals surface area contributed by atoms with Crippen molar-refractivity contribution in [3.05, 3.63) is 35.4 Å². The van der Waals surface area contributed by atoms with Gasteiger partial charge in [0.05, 0.1) is 18.6 Å². The van der Waals surface area contributed by atoms with Crippen molar-refractivity contribution in [2.24, 2.45) is 0 Å². The summed E-state index contributed by atoms with van der Waals surface area (Å²) in [5.74, 6) is -0.505. The summed E-state index contributed by atoms with van der Waals surface area (Å²) in [4.78, 5) is 11.5. The Morgan fingerprint density at radius 1 is 1.33 bits per heavy atom. The topological polar surface area (TPSA) is 26.3 Å². The molecule has 1 aromatic rings. The fourth-order valence-corrected chi connectivity index (χ4v) is 2.18. The van der Waals surface area contributed by atoms with Crippen LogP contribution in [-0.2, 0) is 15.7 Å². The van der Waals surface area contributed by atoms with Crippen molar-refractivity contribution in [3.8, 4) is 0 Å². The molecule has 0 aromatic heterocycles. The predicted molar refractivity (Wildman–Crippen MR) is 64.6 cm³/mol. The Morgan fingerprint density at radius 3 is 2.28 bits per heavy atom. The predicted octanol–water partition coefficient (Wildman–Crippen LogP) is 3.33. The highest BCUT2D eigenvalue weighted by atomic mass is 32.2. The van der Waals surface area contributed by atoms with Gasteiger partial charge in [0.1, 0.15) is 0 Å². The second-order valence-corrected chi connectivity index (χ2v) is 4.56. The third-order valence-electron chi connectivity index (χ3n) is 2.46. The van der Waals surface area contributed by atoms with E-state index in [2.05, 4.69) is 4.74 Å². The highest BCUT2D eigenvalue weighted by molar-refractivity contribution is 7.98. The van der Waals surface area contributed by atoms with E-state index in [4.69, 9.17) is 0 Å². The highest BCUT2D eigenvalue weighted by Crippen LogP contribution is 2.30. The van der Waals surface area contributed by atoms with Crippen molar-refractivity contribution in [2.45, 2.75) is 12.1 Å². The number of benzene rings is 1. The summed E-state index contributed by atoms with van der Waals surface area (Å²) in [6.45, 7) is 0. The second kappa shape index (κ2) is 6.13. The molecule has 0 spiro atoms. The molecule has 1 atom stereocenters. The zero-order valence-electron chi connectivity index (χ0n) is 9.95. The van der Waals surface area contributed by atoms with Gasteiger partial charge in [-0.25, -0.2) is 0 Å². The molecule has 0 fully saturated rings. The van der Waals surface area contributed by atoms with Crippen LogP contribution in [0, 0.1) is 0 Å². The standard InChI is InChI=1S/C12H13F3O2S/c1-17-11(16)10(7-18-2)8-3-5-9(6-4-8)12(13,14)15/h3-6,10H,7H2,1-2H3. The molecule has 0 amide bonds. The summed E-state index contributed by atoms with van der Waals surface area (Å²) in [5.41, 5.74) is -0.191. The molecule has 100 valence electrons. The van der Waals surface area contributed by atoms with Gasteiger partial charge in [0.25, 0.3) is 0 Å². The van der Waals surface area contributed by atoms with Gasteiger partial charge in [0, 0.05) is 5.75 Å². The lowest BCUT2D eigenvalue weighted by molar-refractivity contribution is -0.141. The number of rotatable bonds is 4. The van der Waals surface area contributed by atoms with E-state index in [-0.39, 0.29) is 0 Å². The first-order chi connectivity index (χ1) is 8.40. The molecule has 1 aromatic carbocycles. The summed E-state index contributed by atoms with van der Waals surface area (Å²) in [7, 11) is 1.26. The second-order valence-electron chi connectivity index (χ2n) is 3.65. The fourth-order valence-electron chi connectivity index (χ4n) is 1.51. The van der Waals surface area contributed by atoms with Crippen LogP contribution in [0.1, 0.15) is 17.0 Å². The van der Waals surface area contributed by atoms with Crippen molar-refractivity contribution in [1.82, 2.24) is 0 Å². The number of thioether (sulfide) groups is 1. The quantitative estimate of drug-likeness (QED) is 0.790. The van der Waals surface area contributed by atoms with Crippen molar-refractivity contribution in [3.63, 3.8) is 0 Å². The highest BCUT2D eigenvalue weighted by Gasteiger charge is 2.30. The van der Waals surface area contributed by atoms with E-state index >= 15 is 0 Å². The number of alkyl halides is 3. The zero-order valence-corrected chi connectivity index (χ0v) is 10.8. The van der Waals surface area contributed by atoms with Gasteiger partial charge in [-0.15, -0.1) is 0 Å². The lowest BCUT2D eigenvalue weighted by atomic mass is 10.00. The molecule has 0 aliphatic carbocycles. The summed E-state index contributed by atoms with van der Waals surface area (Å²) < 4.78 is 41.8. The first-order valence-corrected chi connectivity index (χ1v) is 6.53. The molecule has 0 bridgehead atoms. The summed E-state index contributed by atoms with van der Waals surface area (Å²) in [6.07, 6.45) is -2.54. The van der Waals surface area contributed by atoms with E-state index in [1.54, 1.807) is 0 Å². The molecule has 0 aliphatic rings. The number of ether oxygens (including phenoxy) is 1. The summed E-state index contributed by atoms with van der Waals surface area (Å²) in [6, 6.07) is 4.60. The SMILES string of the molecule is COC(=O)C(CSC)c1ccc(C(F)(F)F)cc1. The smallest absolute Gasteiger partial charge is 0.416 e. The molecule has 6 heteroatoms. The van der Waals surface area contributed by atoms with Crippen molar-refractivity contribution < 1.29 is 22.7 Å². The average molecular weight is 278 g/mol. The Hall–Kier alpha value is -1.17. The van der Waals surface area contributed by atoms with Crippen LogP contribution < -0.4 is 0 Å². The largest absolute Gasteiger partial charge is 0.469 e. The third kappa shape index (κ3) is 3.66. The van der Waals surface area contributed by atoms with Crippen LogP contribution in [0.3, 0.4) is 0 Å². The van der Waals surface area contributed by atoms with E-state index in [1.165, 1.54) is 31.0 Å². The van der Waals surface area contributed by atoms with Gasteiger partial charge in [0.2, 0.25) is 0 Å². The molecule has 2 nitrogen and oxygen atoms in total. The van der Waals surface area contributed by atoms with Crippen LogP contribution >= 0.6 is 11.8 Å². The number of carbonyl (C=O) groups is 1. The lowest BCUT2D eigenvalue weighted by Gasteiger charge is -2.14. The summed E-state index contributed by atoms with van der Waals surface area (Å²) >= 11 is 1.43. The van der Waals surface area contributed by atoms with Crippen LogP contribution in [0.2, 0.25) is 0 Å². The zero-order chi connectivity index (χ0) is 13.8. The number of esters is 1. The monoisotopic (exact) mass is 278 g/mol. The molecule has 0 radical (unpaired) electrons. The molecule has 0 heterocycles. The maximum absolute atomic E-state index is 12.4. The van der Waals surface area contributed by atoms with Crippen LogP contribution in [0.4, 0.5) is 13.2 Å². The van der Waals surface area contributed by atoms with E-state index in [9.17, 15) is 18.0 Å². The number of hydrogen-bond acceptors (Lipinski definition) is 3. The molecule has 18 heavy (non-hydrogen) atoms. The van der Waals surface area contributed by atoms with Crippen molar-refractivity contribution in [1.29, 1.82) is 0 Å². The van der Waals surface area contributed by atoms with Gasteiger partial charge >= 0.3 is 12.1 Å². The molecule has 0 saturated carbocycles. The molecular formula is C12H13F3O2S. The first kappa shape index (κ1) is 14.9.